The lowest BCUT2D eigenvalue weighted by Crippen LogP contribution is -2.18. The highest BCUT2D eigenvalue weighted by molar-refractivity contribution is 5.58. The van der Waals surface area contributed by atoms with Crippen molar-refractivity contribution in [2.24, 2.45) is 5.92 Å². The summed E-state index contributed by atoms with van der Waals surface area (Å²) in [5.74, 6) is 1.37. The number of nitrogens with two attached hydrogens (primary N) is 1. The fourth-order valence-electron chi connectivity index (χ4n) is 2.46. The molecule has 0 saturated carbocycles. The number of benzene rings is 1. The van der Waals surface area contributed by atoms with E-state index in [1.165, 1.54) is 30.4 Å². The Morgan fingerprint density at radius 1 is 1.44 bits per heavy atom. The van der Waals surface area contributed by atoms with Crippen molar-refractivity contribution in [1.29, 1.82) is 0 Å². The lowest BCUT2D eigenvalue weighted by atomic mass is 9.74. The summed E-state index contributed by atoms with van der Waals surface area (Å²) in [6, 6.07) is 6.28. The van der Waals surface area contributed by atoms with Gasteiger partial charge in [-0.2, -0.15) is 0 Å². The lowest BCUT2D eigenvalue weighted by Gasteiger charge is -2.31. The second-order valence-electron chi connectivity index (χ2n) is 5.07. The van der Waals surface area contributed by atoms with Gasteiger partial charge in [-0.05, 0) is 48.3 Å². The molecule has 0 aliphatic heterocycles. The van der Waals surface area contributed by atoms with Gasteiger partial charge in [-0.25, -0.2) is 0 Å². The zero-order valence-corrected chi connectivity index (χ0v) is 10.2. The van der Waals surface area contributed by atoms with Crippen molar-refractivity contribution in [3.8, 4) is 0 Å². The van der Waals surface area contributed by atoms with Crippen molar-refractivity contribution in [2.45, 2.75) is 39.0 Å². The van der Waals surface area contributed by atoms with E-state index in [4.69, 9.17) is 5.73 Å². The van der Waals surface area contributed by atoms with Crippen molar-refractivity contribution in [1.82, 2.24) is 0 Å². The quantitative estimate of drug-likeness (QED) is 0.598. The molecule has 16 heavy (non-hydrogen) atoms. The molecule has 0 amide bonds. The second kappa shape index (κ2) is 4.73. The van der Waals surface area contributed by atoms with Crippen LogP contribution in [0.25, 0.3) is 0 Å². The molecule has 1 atom stereocenters. The van der Waals surface area contributed by atoms with E-state index in [2.05, 4.69) is 38.1 Å². The third-order valence-corrected chi connectivity index (χ3v) is 3.31. The summed E-state index contributed by atoms with van der Waals surface area (Å²) in [7, 11) is 0. The fourth-order valence-corrected chi connectivity index (χ4v) is 2.46. The zero-order chi connectivity index (χ0) is 11.5. The summed E-state index contributed by atoms with van der Waals surface area (Å²) < 4.78 is 0. The largest absolute Gasteiger partial charge is 0.398 e. The third kappa shape index (κ3) is 2.29. The smallest absolute Gasteiger partial charge is 0.0352 e. The monoisotopic (exact) mass is 215 g/mol. The molecular formula is C15H21N. The number of nitrogen functional groups attached to an aromatic ring is 1. The first-order valence-corrected chi connectivity index (χ1v) is 6.22. The van der Waals surface area contributed by atoms with Crippen molar-refractivity contribution < 1.29 is 0 Å². The van der Waals surface area contributed by atoms with Crippen LogP contribution in [0.2, 0.25) is 0 Å². The van der Waals surface area contributed by atoms with E-state index in [9.17, 15) is 0 Å². The molecule has 1 heteroatoms. The minimum Gasteiger partial charge on any atom is -0.398 e. The van der Waals surface area contributed by atoms with Gasteiger partial charge in [0.1, 0.15) is 0 Å². The first-order chi connectivity index (χ1) is 7.68. The lowest BCUT2D eigenvalue weighted by molar-refractivity contribution is 0.566. The molecule has 1 aromatic rings. The molecule has 86 valence electrons. The van der Waals surface area contributed by atoms with E-state index in [1.807, 2.05) is 6.07 Å². The van der Waals surface area contributed by atoms with Crippen molar-refractivity contribution in [3.05, 3.63) is 41.5 Å². The summed E-state index contributed by atoms with van der Waals surface area (Å²) in [4.78, 5) is 0. The Hall–Kier alpha value is -1.24. The van der Waals surface area contributed by atoms with E-state index in [-0.39, 0.29) is 0 Å². The number of anilines is 1. The van der Waals surface area contributed by atoms with Crippen LogP contribution in [0.4, 0.5) is 5.69 Å². The maximum atomic E-state index is 6.00. The summed E-state index contributed by atoms with van der Waals surface area (Å²) in [6.45, 7) is 4.43. The van der Waals surface area contributed by atoms with Crippen LogP contribution in [0.15, 0.2) is 30.4 Å². The first-order valence-electron chi connectivity index (χ1n) is 6.22. The van der Waals surface area contributed by atoms with Crippen LogP contribution in [0, 0.1) is 5.92 Å². The zero-order valence-electron chi connectivity index (χ0n) is 10.2. The third-order valence-electron chi connectivity index (χ3n) is 3.31. The highest BCUT2D eigenvalue weighted by Gasteiger charge is 2.26. The molecule has 1 nitrogen and oxygen atoms in total. The van der Waals surface area contributed by atoms with E-state index in [0.717, 1.165) is 5.69 Å². The SMILES string of the molecule is CC(C)/C=C/CCC1Cc2cccc(N)c21. The molecule has 0 radical (unpaired) electrons. The molecule has 1 aliphatic carbocycles. The van der Waals surface area contributed by atoms with E-state index < -0.39 is 0 Å². The Morgan fingerprint density at radius 3 is 2.94 bits per heavy atom. The Morgan fingerprint density at radius 2 is 2.25 bits per heavy atom. The Kier molecular flexibility index (Phi) is 3.33. The molecule has 2 rings (SSSR count). The number of hydrogen-bond acceptors (Lipinski definition) is 1. The number of hydrogen-bond donors (Lipinski definition) is 1. The van der Waals surface area contributed by atoms with Gasteiger partial charge in [0, 0.05) is 5.69 Å². The average molecular weight is 215 g/mol. The van der Waals surface area contributed by atoms with Crippen LogP contribution in [0.3, 0.4) is 0 Å². The first kappa shape index (κ1) is 11.3. The van der Waals surface area contributed by atoms with E-state index in [1.54, 1.807) is 0 Å². The minimum absolute atomic E-state index is 0.666. The second-order valence-corrected chi connectivity index (χ2v) is 5.07. The molecule has 0 fully saturated rings. The summed E-state index contributed by atoms with van der Waals surface area (Å²) in [5.41, 5.74) is 9.86. The van der Waals surface area contributed by atoms with Crippen molar-refractivity contribution in [2.75, 3.05) is 5.73 Å². The van der Waals surface area contributed by atoms with Gasteiger partial charge < -0.3 is 5.73 Å². The molecular weight excluding hydrogens is 194 g/mol. The van der Waals surface area contributed by atoms with Crippen molar-refractivity contribution >= 4 is 5.69 Å². The predicted molar refractivity (Wildman–Crippen MR) is 70.5 cm³/mol. The summed E-state index contributed by atoms with van der Waals surface area (Å²) in [6.07, 6.45) is 8.23. The predicted octanol–water partition coefficient (Wildman–Crippen LogP) is 3.90. The van der Waals surface area contributed by atoms with Crippen LogP contribution < -0.4 is 5.73 Å². The molecule has 0 saturated heterocycles. The molecule has 0 aromatic heterocycles. The molecule has 1 unspecified atom stereocenters. The maximum absolute atomic E-state index is 6.00. The number of rotatable bonds is 4. The van der Waals surface area contributed by atoms with Gasteiger partial charge in [-0.1, -0.05) is 38.1 Å². The Bertz CT molecular complexity index is 376. The van der Waals surface area contributed by atoms with Gasteiger partial charge in [0.15, 0.2) is 0 Å². The molecule has 0 spiro atoms. The number of fused-ring (bicyclic) bond motifs is 1. The maximum Gasteiger partial charge on any atom is 0.0352 e. The Labute approximate surface area is 98.4 Å². The topological polar surface area (TPSA) is 26.0 Å². The highest BCUT2D eigenvalue weighted by Crippen LogP contribution is 2.41. The molecule has 2 N–H and O–H groups in total. The highest BCUT2D eigenvalue weighted by atomic mass is 14.6. The molecule has 0 bridgehead atoms. The van der Waals surface area contributed by atoms with Crippen molar-refractivity contribution in [3.63, 3.8) is 0 Å². The average Bonchev–Trinajstić information content (AvgIpc) is 2.18. The standard InChI is InChI=1S/C15H21N/c1-11(2)6-3-4-7-12-10-13-8-5-9-14(16)15(12)13/h3,5-6,8-9,11-12H,4,7,10,16H2,1-2H3/b6-3+. The van der Waals surface area contributed by atoms with Gasteiger partial charge in [0.25, 0.3) is 0 Å². The normalized spacial score (nSPS) is 18.8. The molecule has 1 aromatic carbocycles. The van der Waals surface area contributed by atoms with Crippen LogP contribution in [0.1, 0.15) is 43.7 Å². The van der Waals surface area contributed by atoms with Crippen LogP contribution >= 0.6 is 0 Å². The van der Waals surface area contributed by atoms with Gasteiger partial charge >= 0.3 is 0 Å². The molecule has 1 aliphatic rings. The van der Waals surface area contributed by atoms with Crippen LogP contribution in [0.5, 0.6) is 0 Å². The number of allylic oxidation sites excluding steroid dienone is 2. The van der Waals surface area contributed by atoms with E-state index in [0.29, 0.717) is 11.8 Å². The minimum atomic E-state index is 0.666. The Balaban J connectivity index is 1.89. The summed E-state index contributed by atoms with van der Waals surface area (Å²) in [5, 5.41) is 0. The van der Waals surface area contributed by atoms with Gasteiger partial charge in [-0.15, -0.1) is 0 Å². The molecule has 0 heterocycles. The fraction of sp³-hybridized carbons (Fsp3) is 0.467. The van der Waals surface area contributed by atoms with Gasteiger partial charge in [0.2, 0.25) is 0 Å². The van der Waals surface area contributed by atoms with Gasteiger partial charge in [0.05, 0.1) is 0 Å². The van der Waals surface area contributed by atoms with E-state index >= 15 is 0 Å². The summed E-state index contributed by atoms with van der Waals surface area (Å²) >= 11 is 0. The van der Waals surface area contributed by atoms with Crippen LogP contribution in [-0.4, -0.2) is 0 Å². The van der Waals surface area contributed by atoms with Gasteiger partial charge in [-0.3, -0.25) is 0 Å². The van der Waals surface area contributed by atoms with Crippen LogP contribution in [-0.2, 0) is 6.42 Å².